The van der Waals surface area contributed by atoms with E-state index in [-0.39, 0.29) is 51.6 Å². The molecule has 0 radical (unpaired) electrons. The van der Waals surface area contributed by atoms with Crippen molar-refractivity contribution in [3.05, 3.63) is 0 Å². The molecule has 0 unspecified atom stereocenters. The zero-order chi connectivity index (χ0) is 78.3. The number of carboxylic acid groups (broad SMARTS) is 4. The molecule has 2 rings (SSSR count). The van der Waals surface area contributed by atoms with Gasteiger partial charge in [0.25, 0.3) is 0 Å². The number of primary amides is 2. The Labute approximate surface area is 597 Å². The molecule has 2 heterocycles. The Morgan fingerprint density at radius 3 is 1.24 bits per heavy atom. The van der Waals surface area contributed by atoms with E-state index in [1.54, 1.807) is 34.6 Å². The van der Waals surface area contributed by atoms with Crippen LogP contribution in [0.15, 0.2) is 0 Å². The second-order valence-electron chi connectivity index (χ2n) is 27.4. The molecule has 0 spiro atoms. The number of nitrogens with two attached hydrogens (primary N) is 3. The lowest BCUT2D eigenvalue weighted by Crippen LogP contribution is -2.62. The third kappa shape index (κ3) is 30.9. The minimum atomic E-state index is -1.92. The van der Waals surface area contributed by atoms with Gasteiger partial charge in [-0.1, -0.05) is 75.7 Å². The van der Waals surface area contributed by atoms with E-state index in [2.05, 4.69) is 63.8 Å². The first-order valence-electron chi connectivity index (χ1n) is 34.7. The summed E-state index contributed by atoms with van der Waals surface area (Å²) >= 11 is 0. The van der Waals surface area contributed by atoms with Crippen LogP contribution < -0.4 is 81.0 Å². The van der Waals surface area contributed by atoms with Crippen LogP contribution in [0.1, 0.15) is 172 Å². The predicted octanol–water partition coefficient (Wildman–Crippen LogP) is -4.71. The van der Waals surface area contributed by atoms with E-state index in [0.717, 1.165) is 4.90 Å². The second-order valence-corrected chi connectivity index (χ2v) is 27.4. The van der Waals surface area contributed by atoms with Crippen LogP contribution in [0.2, 0.25) is 0 Å². The van der Waals surface area contributed by atoms with E-state index in [0.29, 0.717) is 25.8 Å². The molecule has 0 aliphatic carbocycles. The predicted molar refractivity (Wildman–Crippen MR) is 365 cm³/mol. The third-order valence-corrected chi connectivity index (χ3v) is 17.3. The minimum absolute atomic E-state index is 0.0894. The first kappa shape index (κ1) is 89.5. The van der Waals surface area contributed by atoms with Gasteiger partial charge in [0.1, 0.15) is 72.5 Å². The first-order valence-corrected chi connectivity index (χ1v) is 34.7. The monoisotopic (exact) mass is 1460 g/mol. The molecule has 2 aliphatic heterocycles. The van der Waals surface area contributed by atoms with E-state index >= 15 is 0 Å². The smallest absolute Gasteiger partial charge is 0.326 e. The van der Waals surface area contributed by atoms with Crippen LogP contribution in [0.5, 0.6) is 0 Å². The van der Waals surface area contributed by atoms with E-state index in [9.17, 15) is 107 Å². The molecule has 2 fully saturated rings. The summed E-state index contributed by atoms with van der Waals surface area (Å²) in [6, 6.07) is -19.9. The summed E-state index contributed by atoms with van der Waals surface area (Å²) < 4.78 is 0. The Morgan fingerprint density at radius 2 is 0.825 bits per heavy atom. The van der Waals surface area contributed by atoms with Crippen molar-refractivity contribution in [1.82, 2.24) is 68.7 Å². The Kier molecular flexibility index (Phi) is 38.2. The average Bonchev–Trinajstić information content (AvgIpc) is 1.79. The molecular weight excluding hydrogens is 1360 g/mol. The van der Waals surface area contributed by atoms with Gasteiger partial charge in [-0.2, -0.15) is 0 Å². The number of unbranched alkanes of at least 4 members (excludes halogenated alkanes) is 1. The van der Waals surface area contributed by atoms with Crippen LogP contribution in [0, 0.1) is 29.6 Å². The fourth-order valence-corrected chi connectivity index (χ4v) is 11.3. The summed E-state index contributed by atoms with van der Waals surface area (Å²) in [6.07, 6.45) is -3.84. The molecule has 38 nitrogen and oxygen atoms in total. The number of amides is 14. The molecule has 2 aliphatic rings. The van der Waals surface area contributed by atoms with Gasteiger partial charge in [0, 0.05) is 19.4 Å². The van der Waals surface area contributed by atoms with Crippen LogP contribution in [0.4, 0.5) is 0 Å². The van der Waals surface area contributed by atoms with Crippen molar-refractivity contribution in [2.45, 2.75) is 251 Å². The molecule has 22 N–H and O–H groups in total. The maximum absolute atomic E-state index is 14.5. The molecule has 0 aromatic carbocycles. The molecule has 38 heteroatoms. The Balaban J connectivity index is 2.50. The average molecular weight is 1470 g/mol. The lowest BCUT2D eigenvalue weighted by atomic mass is 9.96. The number of carboxylic acids is 4. The zero-order valence-electron chi connectivity index (χ0n) is 60.1. The standard InChI is InChI=1S/C65H108N16O22/c1-11-34(10)52(63(100)76-42(29-48(88)89)60(97)78-50(32(6)7)62(99)79-51(33(8)9)64(101)81-25-15-18-43(81)65(102)103)80-56(93)36(16-12-13-23-66)70-54(91)37(19-21-46(84)85)71-55(92)38(20-22-47(86)87)72-57(94)39(26-30(2)3)73-58(95)40(27-44(67)82)75-61(98)49(31(4)5)77-59(96)41(28-45(68)83)74-53(90)35-17-14-24-69-35/h30-43,49-52,69H,11-29,66H2,1-10H3,(H2,67,82)(H2,68,83)(H,70,91)(H,71,92)(H,72,94)(H,73,95)(H,74,90)(H,75,98)(H,76,100)(H,77,96)(H,78,97)(H,79,99)(H,80,93)(H,84,85)(H,86,87)(H,88,89)(H,102,103)/t34-,35-,36-,37-,38-,39-,40-,41-,42-,43-,49-,50-,51-,52-/m0/s1. The molecule has 0 aromatic heterocycles. The minimum Gasteiger partial charge on any atom is -0.481 e. The van der Waals surface area contributed by atoms with Gasteiger partial charge in [0.15, 0.2) is 0 Å². The van der Waals surface area contributed by atoms with Crippen LogP contribution in [0.25, 0.3) is 0 Å². The number of nitrogens with one attached hydrogen (secondary N) is 12. The molecule has 2 saturated heterocycles. The summed E-state index contributed by atoms with van der Waals surface area (Å²) in [5, 5.41) is 68.8. The lowest BCUT2D eigenvalue weighted by Gasteiger charge is -2.32. The number of hydrogen-bond donors (Lipinski definition) is 19. The second kappa shape index (κ2) is 44.0. The lowest BCUT2D eigenvalue weighted by molar-refractivity contribution is -0.150. The van der Waals surface area contributed by atoms with Gasteiger partial charge in [0.2, 0.25) is 82.7 Å². The number of aliphatic carboxylic acids is 4. The number of likely N-dealkylation sites (tertiary alicyclic amines) is 1. The van der Waals surface area contributed by atoms with Crippen molar-refractivity contribution in [3.8, 4) is 0 Å². The maximum Gasteiger partial charge on any atom is 0.326 e. The fraction of sp³-hybridized carbons (Fsp3) is 0.723. The molecule has 14 atom stereocenters. The number of rotatable bonds is 47. The van der Waals surface area contributed by atoms with Crippen molar-refractivity contribution >= 4 is 107 Å². The van der Waals surface area contributed by atoms with Crippen LogP contribution >= 0.6 is 0 Å². The summed E-state index contributed by atoms with van der Waals surface area (Å²) in [6.45, 7) is 16.4. The molecule has 0 aromatic rings. The van der Waals surface area contributed by atoms with Crippen molar-refractivity contribution in [1.29, 1.82) is 0 Å². The summed E-state index contributed by atoms with van der Waals surface area (Å²) in [5.74, 6) is -23.6. The van der Waals surface area contributed by atoms with Crippen molar-refractivity contribution in [3.63, 3.8) is 0 Å². The first-order chi connectivity index (χ1) is 48.1. The number of nitrogens with zero attached hydrogens (tertiary/aromatic N) is 1. The van der Waals surface area contributed by atoms with Gasteiger partial charge < -0.3 is 106 Å². The number of hydrogen-bond acceptors (Lipinski definition) is 20. The SMILES string of the molecule is CC[C@H](C)[C@H](NC(=O)[C@H](CCCCN)NC(=O)[C@H](CCC(=O)O)NC(=O)[C@H](CCC(=O)O)NC(=O)[C@H](CC(C)C)NC(=O)[C@H](CC(N)=O)NC(=O)[C@@H](NC(=O)[C@H](CC(N)=O)NC(=O)[C@@H]1CCCN1)C(C)C)C(=O)N[C@@H](CC(=O)O)C(=O)N[C@H](C(=O)N[C@H](C(=O)N1CCC[C@H]1C(=O)O)C(C)C)C(C)C. The van der Waals surface area contributed by atoms with Gasteiger partial charge in [-0.15, -0.1) is 0 Å². The van der Waals surface area contributed by atoms with Gasteiger partial charge >= 0.3 is 23.9 Å². The highest BCUT2D eigenvalue weighted by molar-refractivity contribution is 6.01. The van der Waals surface area contributed by atoms with Crippen LogP contribution in [-0.4, -0.2) is 230 Å². The molecule has 580 valence electrons. The summed E-state index contributed by atoms with van der Waals surface area (Å²) in [4.78, 5) is 242. The Hall–Kier alpha value is -9.62. The Morgan fingerprint density at radius 1 is 0.437 bits per heavy atom. The highest BCUT2D eigenvalue weighted by atomic mass is 16.4. The number of carbonyl (C=O) groups excluding carboxylic acids is 14. The fourth-order valence-electron chi connectivity index (χ4n) is 11.3. The molecule has 0 bridgehead atoms. The van der Waals surface area contributed by atoms with Crippen molar-refractivity contribution < 1.29 is 107 Å². The highest BCUT2D eigenvalue weighted by Gasteiger charge is 2.43. The summed E-state index contributed by atoms with van der Waals surface area (Å²) in [5.41, 5.74) is 16.6. The number of carbonyl (C=O) groups is 18. The van der Waals surface area contributed by atoms with E-state index < -0.39 is 260 Å². The molecule has 103 heavy (non-hydrogen) atoms. The maximum atomic E-state index is 14.5. The molecule has 14 amide bonds. The van der Waals surface area contributed by atoms with Crippen LogP contribution in [0.3, 0.4) is 0 Å². The third-order valence-electron chi connectivity index (χ3n) is 17.3. The zero-order valence-corrected chi connectivity index (χ0v) is 60.1. The van der Waals surface area contributed by atoms with Gasteiger partial charge in [-0.05, 0) is 107 Å². The quantitative estimate of drug-likeness (QED) is 0.0255. The van der Waals surface area contributed by atoms with Crippen molar-refractivity contribution in [2.75, 3.05) is 19.6 Å². The topological polar surface area (TPSA) is 614 Å². The molecular formula is C65H108N16O22. The largest absolute Gasteiger partial charge is 0.481 e. The Bertz CT molecular complexity index is 3030. The van der Waals surface area contributed by atoms with Crippen LogP contribution in [-0.2, 0) is 86.3 Å². The van der Waals surface area contributed by atoms with E-state index in [4.69, 9.17) is 17.2 Å². The van der Waals surface area contributed by atoms with E-state index in [1.165, 1.54) is 34.6 Å². The highest BCUT2D eigenvalue weighted by Crippen LogP contribution is 2.22. The van der Waals surface area contributed by atoms with Gasteiger partial charge in [-0.25, -0.2) is 4.79 Å². The van der Waals surface area contributed by atoms with E-state index in [1.807, 2.05) is 0 Å². The molecule has 0 saturated carbocycles. The van der Waals surface area contributed by atoms with Crippen molar-refractivity contribution in [2.24, 2.45) is 46.8 Å². The van der Waals surface area contributed by atoms with Gasteiger partial charge in [0.05, 0.1) is 25.3 Å². The van der Waals surface area contributed by atoms with Gasteiger partial charge in [-0.3, -0.25) is 81.5 Å². The normalized spacial score (nSPS) is 17.7. The summed E-state index contributed by atoms with van der Waals surface area (Å²) in [7, 11) is 0.